The third-order valence-electron chi connectivity index (χ3n) is 3.60. The van der Waals surface area contributed by atoms with Crippen LogP contribution in [0.5, 0.6) is 0 Å². The Kier molecular flexibility index (Phi) is 5.78. The molecular weight excluding hydrogens is 252 g/mol. The Morgan fingerprint density at radius 3 is 2.95 bits per heavy atom. The first-order valence-corrected chi connectivity index (χ1v) is 7.25. The number of pyridine rings is 1. The van der Waals surface area contributed by atoms with Crippen LogP contribution >= 0.6 is 0 Å². The molecule has 5 heteroatoms. The topological polar surface area (TPSA) is 84.0 Å². The minimum atomic E-state index is 0.373. The summed E-state index contributed by atoms with van der Waals surface area (Å²) >= 11 is 0. The lowest BCUT2D eigenvalue weighted by Gasteiger charge is -2.26. The lowest BCUT2D eigenvalue weighted by molar-refractivity contribution is 0.0251. The standard InChI is InChI=1S/C15H22N4O/c16-11-14-10-13(6-8-19-14)18-7-1-9-20-15-4-2-12(17)3-5-15/h6,8,10,12,15H,1-5,7,9,17H2,(H,18,19). The van der Waals surface area contributed by atoms with Gasteiger partial charge in [-0.25, -0.2) is 4.98 Å². The van der Waals surface area contributed by atoms with E-state index >= 15 is 0 Å². The molecule has 1 aliphatic carbocycles. The maximum atomic E-state index is 8.77. The molecule has 0 amide bonds. The Balaban J connectivity index is 1.58. The molecule has 0 saturated heterocycles. The summed E-state index contributed by atoms with van der Waals surface area (Å²) in [5, 5.41) is 12.0. The molecule has 1 heterocycles. The summed E-state index contributed by atoms with van der Waals surface area (Å²) in [5.41, 5.74) is 7.23. The van der Waals surface area contributed by atoms with Crippen molar-refractivity contribution in [2.75, 3.05) is 18.5 Å². The summed E-state index contributed by atoms with van der Waals surface area (Å²) in [6.07, 6.45) is 7.32. The fourth-order valence-electron chi connectivity index (χ4n) is 2.41. The van der Waals surface area contributed by atoms with E-state index in [-0.39, 0.29) is 0 Å². The summed E-state index contributed by atoms with van der Waals surface area (Å²) in [5.74, 6) is 0. The summed E-state index contributed by atoms with van der Waals surface area (Å²) in [6.45, 7) is 1.60. The van der Waals surface area contributed by atoms with Gasteiger partial charge in [-0.1, -0.05) is 0 Å². The van der Waals surface area contributed by atoms with Gasteiger partial charge in [0.2, 0.25) is 0 Å². The van der Waals surface area contributed by atoms with E-state index in [4.69, 9.17) is 15.7 Å². The number of nitrogens with two attached hydrogens (primary N) is 1. The highest BCUT2D eigenvalue weighted by atomic mass is 16.5. The summed E-state index contributed by atoms with van der Waals surface area (Å²) in [6, 6.07) is 6.02. The first kappa shape index (κ1) is 14.8. The van der Waals surface area contributed by atoms with E-state index in [2.05, 4.69) is 10.3 Å². The number of rotatable bonds is 6. The van der Waals surface area contributed by atoms with Crippen molar-refractivity contribution in [2.24, 2.45) is 5.73 Å². The van der Waals surface area contributed by atoms with Gasteiger partial charge in [-0.3, -0.25) is 0 Å². The molecule has 0 bridgehead atoms. The zero-order chi connectivity index (χ0) is 14.2. The molecular formula is C15H22N4O. The lowest BCUT2D eigenvalue weighted by Crippen LogP contribution is -2.30. The van der Waals surface area contributed by atoms with Gasteiger partial charge in [-0.2, -0.15) is 5.26 Å². The molecule has 0 atom stereocenters. The molecule has 0 aliphatic heterocycles. The summed E-state index contributed by atoms with van der Waals surface area (Å²) < 4.78 is 5.85. The molecule has 1 fully saturated rings. The number of nitrogens with zero attached hydrogens (tertiary/aromatic N) is 2. The molecule has 2 rings (SSSR count). The van der Waals surface area contributed by atoms with Crippen LogP contribution < -0.4 is 11.1 Å². The Morgan fingerprint density at radius 2 is 2.20 bits per heavy atom. The highest BCUT2D eigenvalue weighted by molar-refractivity contribution is 5.45. The van der Waals surface area contributed by atoms with Crippen molar-refractivity contribution in [3.05, 3.63) is 24.0 Å². The fourth-order valence-corrected chi connectivity index (χ4v) is 2.41. The van der Waals surface area contributed by atoms with Crippen molar-refractivity contribution < 1.29 is 4.74 Å². The third kappa shape index (κ3) is 4.80. The van der Waals surface area contributed by atoms with Crippen molar-refractivity contribution in [1.29, 1.82) is 5.26 Å². The number of hydrogen-bond acceptors (Lipinski definition) is 5. The molecule has 3 N–H and O–H groups in total. The molecule has 0 spiro atoms. The Bertz CT molecular complexity index is 449. The highest BCUT2D eigenvalue weighted by Gasteiger charge is 2.18. The van der Waals surface area contributed by atoms with E-state index in [1.54, 1.807) is 12.3 Å². The minimum Gasteiger partial charge on any atom is -0.385 e. The van der Waals surface area contributed by atoms with Crippen LogP contribution in [0.25, 0.3) is 0 Å². The van der Waals surface area contributed by atoms with Crippen LogP contribution in [0.1, 0.15) is 37.8 Å². The predicted molar refractivity (Wildman–Crippen MR) is 78.2 cm³/mol. The van der Waals surface area contributed by atoms with Gasteiger partial charge in [0, 0.05) is 31.1 Å². The van der Waals surface area contributed by atoms with Gasteiger partial charge < -0.3 is 15.8 Å². The Morgan fingerprint density at radius 1 is 1.40 bits per heavy atom. The van der Waals surface area contributed by atoms with Gasteiger partial charge in [-0.05, 0) is 44.2 Å². The van der Waals surface area contributed by atoms with Crippen molar-refractivity contribution >= 4 is 5.69 Å². The normalized spacial score (nSPS) is 22.2. The van der Waals surface area contributed by atoms with E-state index < -0.39 is 0 Å². The Labute approximate surface area is 120 Å². The zero-order valence-electron chi connectivity index (χ0n) is 11.7. The number of nitriles is 1. The third-order valence-corrected chi connectivity index (χ3v) is 3.60. The molecule has 0 aromatic carbocycles. The Hall–Kier alpha value is -1.64. The molecule has 1 aromatic rings. The van der Waals surface area contributed by atoms with E-state index in [0.717, 1.165) is 50.9 Å². The maximum Gasteiger partial charge on any atom is 0.142 e. The molecule has 0 radical (unpaired) electrons. The average Bonchev–Trinajstić information content (AvgIpc) is 2.49. The van der Waals surface area contributed by atoms with E-state index in [1.807, 2.05) is 12.1 Å². The van der Waals surface area contributed by atoms with Crippen LogP contribution in [0.15, 0.2) is 18.3 Å². The summed E-state index contributed by atoms with van der Waals surface area (Å²) in [7, 11) is 0. The van der Waals surface area contributed by atoms with Gasteiger partial charge in [0.1, 0.15) is 11.8 Å². The summed E-state index contributed by atoms with van der Waals surface area (Å²) in [4.78, 5) is 3.93. The number of hydrogen-bond donors (Lipinski definition) is 2. The van der Waals surface area contributed by atoms with E-state index in [9.17, 15) is 0 Å². The van der Waals surface area contributed by atoms with Gasteiger partial charge in [0.25, 0.3) is 0 Å². The largest absolute Gasteiger partial charge is 0.385 e. The second kappa shape index (κ2) is 7.83. The molecule has 1 aromatic heterocycles. The molecule has 1 aliphatic rings. The monoisotopic (exact) mass is 274 g/mol. The lowest BCUT2D eigenvalue weighted by atomic mass is 9.94. The number of ether oxygens (including phenoxy) is 1. The molecule has 5 nitrogen and oxygen atoms in total. The molecule has 108 valence electrons. The van der Waals surface area contributed by atoms with E-state index in [1.165, 1.54) is 0 Å². The van der Waals surface area contributed by atoms with Crippen LogP contribution in [-0.2, 0) is 4.74 Å². The van der Waals surface area contributed by atoms with Crippen LogP contribution in [-0.4, -0.2) is 30.3 Å². The first-order valence-electron chi connectivity index (χ1n) is 7.25. The SMILES string of the molecule is N#Cc1cc(NCCCOC2CCC(N)CC2)ccn1. The number of aromatic nitrogens is 1. The average molecular weight is 274 g/mol. The van der Waals surface area contributed by atoms with Crippen LogP contribution in [0.2, 0.25) is 0 Å². The molecule has 20 heavy (non-hydrogen) atoms. The fraction of sp³-hybridized carbons (Fsp3) is 0.600. The van der Waals surface area contributed by atoms with Gasteiger partial charge >= 0.3 is 0 Å². The van der Waals surface area contributed by atoms with Crippen molar-refractivity contribution in [3.63, 3.8) is 0 Å². The first-order chi connectivity index (χ1) is 9.78. The smallest absolute Gasteiger partial charge is 0.142 e. The quantitative estimate of drug-likeness (QED) is 0.775. The molecule has 1 saturated carbocycles. The van der Waals surface area contributed by atoms with Crippen LogP contribution in [0.3, 0.4) is 0 Å². The zero-order valence-corrected chi connectivity index (χ0v) is 11.7. The minimum absolute atomic E-state index is 0.373. The highest BCUT2D eigenvalue weighted by Crippen LogP contribution is 2.19. The number of nitrogens with one attached hydrogen (secondary N) is 1. The van der Waals surface area contributed by atoms with Crippen molar-refractivity contribution in [3.8, 4) is 6.07 Å². The predicted octanol–water partition coefficient (Wildman–Crippen LogP) is 2.04. The van der Waals surface area contributed by atoms with Crippen molar-refractivity contribution in [1.82, 2.24) is 4.98 Å². The van der Waals surface area contributed by atoms with Crippen LogP contribution in [0, 0.1) is 11.3 Å². The van der Waals surface area contributed by atoms with Crippen LogP contribution in [0.4, 0.5) is 5.69 Å². The van der Waals surface area contributed by atoms with Gasteiger partial charge in [-0.15, -0.1) is 0 Å². The van der Waals surface area contributed by atoms with Gasteiger partial charge in [0.15, 0.2) is 0 Å². The second-order valence-electron chi connectivity index (χ2n) is 5.23. The van der Waals surface area contributed by atoms with E-state index in [0.29, 0.717) is 17.8 Å². The van der Waals surface area contributed by atoms with Gasteiger partial charge in [0.05, 0.1) is 6.10 Å². The molecule has 0 unspecified atom stereocenters. The second-order valence-corrected chi connectivity index (χ2v) is 5.23. The van der Waals surface area contributed by atoms with Crippen molar-refractivity contribution in [2.45, 2.75) is 44.2 Å². The maximum absolute atomic E-state index is 8.77. The number of anilines is 1.